The van der Waals surface area contributed by atoms with Crippen LogP contribution in [0.25, 0.3) is 0 Å². The lowest BCUT2D eigenvalue weighted by Crippen LogP contribution is -2.52. The first-order valence-corrected chi connectivity index (χ1v) is 9.53. The maximum Gasteiger partial charge on any atom is 0.249 e. The summed E-state index contributed by atoms with van der Waals surface area (Å²) in [7, 11) is 3.34. The summed E-state index contributed by atoms with van der Waals surface area (Å²) in [4.78, 5) is 27.5. The van der Waals surface area contributed by atoms with Crippen molar-refractivity contribution in [2.45, 2.75) is 38.4 Å². The molecule has 1 heterocycles. The largest absolute Gasteiger partial charge is 0.497 e. The van der Waals surface area contributed by atoms with Crippen LogP contribution in [-0.2, 0) is 22.6 Å². The second-order valence-electron chi connectivity index (χ2n) is 7.01. The molecule has 2 atom stereocenters. The Kier molecular flexibility index (Phi) is 6.31. The summed E-state index contributed by atoms with van der Waals surface area (Å²) in [5, 5.41) is 5.83. The van der Waals surface area contributed by atoms with E-state index in [-0.39, 0.29) is 17.9 Å². The van der Waals surface area contributed by atoms with Crippen LogP contribution < -0.4 is 20.3 Å². The molecule has 0 saturated carbocycles. The molecule has 0 bridgehead atoms. The number of likely N-dealkylation sites (N-methyl/N-ethyl adjacent to an activating group) is 1. The predicted octanol–water partition coefficient (Wildman–Crippen LogP) is 2.27. The summed E-state index contributed by atoms with van der Waals surface area (Å²) in [5.74, 6) is 0.424. The third-order valence-electron chi connectivity index (χ3n) is 5.18. The lowest BCUT2D eigenvalue weighted by molar-refractivity contribution is -0.128. The number of anilines is 1. The van der Waals surface area contributed by atoms with Crippen molar-refractivity contribution in [3.05, 3.63) is 59.7 Å². The van der Waals surface area contributed by atoms with Crippen LogP contribution in [0, 0.1) is 0 Å². The summed E-state index contributed by atoms with van der Waals surface area (Å²) in [6.07, 6.45) is 1.26. The molecular formula is C22H27N3O3. The summed E-state index contributed by atoms with van der Waals surface area (Å²) in [6, 6.07) is 14.7. The van der Waals surface area contributed by atoms with Crippen molar-refractivity contribution in [3.63, 3.8) is 0 Å². The molecule has 1 aliphatic rings. The van der Waals surface area contributed by atoms with Crippen molar-refractivity contribution in [1.82, 2.24) is 10.6 Å². The van der Waals surface area contributed by atoms with E-state index in [9.17, 15) is 9.59 Å². The first-order valence-electron chi connectivity index (χ1n) is 9.53. The molecule has 0 fully saturated rings. The summed E-state index contributed by atoms with van der Waals surface area (Å²) in [6.45, 7) is 2.21. The van der Waals surface area contributed by atoms with Gasteiger partial charge in [0.05, 0.1) is 25.4 Å². The average molecular weight is 381 g/mol. The van der Waals surface area contributed by atoms with Crippen LogP contribution in [0.3, 0.4) is 0 Å². The molecule has 2 aromatic rings. The van der Waals surface area contributed by atoms with Gasteiger partial charge in [-0.25, -0.2) is 0 Å². The molecule has 0 spiro atoms. The predicted molar refractivity (Wildman–Crippen MR) is 109 cm³/mol. The molecule has 0 radical (unpaired) electrons. The number of amides is 2. The number of fused-ring (bicyclic) bond motifs is 1. The Labute approximate surface area is 165 Å². The molecule has 2 aromatic carbocycles. The number of ether oxygens (including phenoxy) is 1. The maximum atomic E-state index is 13.4. The number of hydrogen-bond donors (Lipinski definition) is 2. The molecule has 6 heteroatoms. The van der Waals surface area contributed by atoms with Gasteiger partial charge in [0.1, 0.15) is 11.8 Å². The van der Waals surface area contributed by atoms with E-state index < -0.39 is 6.04 Å². The van der Waals surface area contributed by atoms with Gasteiger partial charge in [0.2, 0.25) is 11.8 Å². The monoisotopic (exact) mass is 381 g/mol. The molecule has 2 N–H and O–H groups in total. The second-order valence-corrected chi connectivity index (χ2v) is 7.01. The molecule has 6 nitrogen and oxygen atoms in total. The van der Waals surface area contributed by atoms with Crippen LogP contribution in [0.1, 0.15) is 24.5 Å². The minimum atomic E-state index is -0.564. The van der Waals surface area contributed by atoms with Crippen LogP contribution in [0.4, 0.5) is 5.69 Å². The highest BCUT2D eigenvalue weighted by Crippen LogP contribution is 2.32. The zero-order valence-corrected chi connectivity index (χ0v) is 16.6. The number of aryl methyl sites for hydroxylation is 1. The van der Waals surface area contributed by atoms with Crippen molar-refractivity contribution in [3.8, 4) is 5.75 Å². The van der Waals surface area contributed by atoms with E-state index in [1.54, 1.807) is 26.0 Å². The van der Waals surface area contributed by atoms with Crippen LogP contribution in [0.5, 0.6) is 5.75 Å². The SMILES string of the molecule is CNC(C)C(=O)N[C@H]1CCc2ccc(OC)cc2N(Cc2ccccc2)C1=O. The van der Waals surface area contributed by atoms with Crippen molar-refractivity contribution in [2.24, 2.45) is 0 Å². The van der Waals surface area contributed by atoms with Crippen molar-refractivity contribution in [2.75, 3.05) is 19.1 Å². The van der Waals surface area contributed by atoms with Gasteiger partial charge < -0.3 is 20.3 Å². The first kappa shape index (κ1) is 19.9. The van der Waals surface area contributed by atoms with Crippen molar-refractivity contribution < 1.29 is 14.3 Å². The van der Waals surface area contributed by atoms with Gasteiger partial charge in [-0.05, 0) is 44.0 Å². The third-order valence-corrected chi connectivity index (χ3v) is 5.18. The molecule has 1 unspecified atom stereocenters. The van der Waals surface area contributed by atoms with Gasteiger partial charge in [0.25, 0.3) is 0 Å². The Balaban J connectivity index is 1.95. The Morgan fingerprint density at radius 3 is 2.68 bits per heavy atom. The Hall–Kier alpha value is -2.86. The molecular weight excluding hydrogens is 354 g/mol. The lowest BCUT2D eigenvalue weighted by atomic mass is 10.1. The fourth-order valence-corrected chi connectivity index (χ4v) is 3.35. The van der Waals surface area contributed by atoms with E-state index in [0.29, 0.717) is 25.1 Å². The lowest BCUT2D eigenvalue weighted by Gasteiger charge is -2.27. The van der Waals surface area contributed by atoms with Crippen LogP contribution >= 0.6 is 0 Å². The van der Waals surface area contributed by atoms with E-state index in [0.717, 1.165) is 16.8 Å². The standard InChI is InChI=1S/C22H27N3O3/c1-15(23-2)21(26)24-19-12-10-17-9-11-18(28-3)13-20(17)25(22(19)27)14-16-7-5-4-6-8-16/h4-9,11,13,15,19,23H,10,12,14H2,1-3H3,(H,24,26)/t15?,19-/m0/s1. The van der Waals surface area contributed by atoms with Gasteiger partial charge in [0.15, 0.2) is 0 Å². The highest BCUT2D eigenvalue weighted by molar-refractivity contribution is 6.01. The zero-order chi connectivity index (χ0) is 20.1. The second kappa shape index (κ2) is 8.89. The Bertz CT molecular complexity index is 838. The van der Waals surface area contributed by atoms with Gasteiger partial charge in [0, 0.05) is 6.07 Å². The molecule has 28 heavy (non-hydrogen) atoms. The number of nitrogens with one attached hydrogen (secondary N) is 2. The number of nitrogens with zero attached hydrogens (tertiary/aromatic N) is 1. The normalized spacial score (nSPS) is 17.5. The molecule has 3 rings (SSSR count). The highest BCUT2D eigenvalue weighted by Gasteiger charge is 2.32. The minimum Gasteiger partial charge on any atom is -0.497 e. The summed E-state index contributed by atoms with van der Waals surface area (Å²) >= 11 is 0. The number of rotatable bonds is 6. The minimum absolute atomic E-state index is 0.104. The van der Waals surface area contributed by atoms with E-state index in [1.165, 1.54) is 0 Å². The third kappa shape index (κ3) is 4.34. The van der Waals surface area contributed by atoms with Gasteiger partial charge in [-0.1, -0.05) is 36.4 Å². The Morgan fingerprint density at radius 2 is 2.00 bits per heavy atom. The first-order chi connectivity index (χ1) is 13.5. The molecule has 148 valence electrons. The summed E-state index contributed by atoms with van der Waals surface area (Å²) in [5.41, 5.74) is 2.94. The zero-order valence-electron chi connectivity index (χ0n) is 16.6. The summed E-state index contributed by atoms with van der Waals surface area (Å²) < 4.78 is 5.38. The number of benzene rings is 2. The van der Waals surface area contributed by atoms with E-state index in [1.807, 2.05) is 48.5 Å². The molecule has 1 aliphatic heterocycles. The van der Waals surface area contributed by atoms with Crippen LogP contribution in [-0.4, -0.2) is 38.1 Å². The van der Waals surface area contributed by atoms with E-state index in [4.69, 9.17) is 4.74 Å². The molecule has 0 aromatic heterocycles. The smallest absolute Gasteiger partial charge is 0.249 e. The van der Waals surface area contributed by atoms with Crippen molar-refractivity contribution in [1.29, 1.82) is 0 Å². The fourth-order valence-electron chi connectivity index (χ4n) is 3.35. The number of methoxy groups -OCH3 is 1. The van der Waals surface area contributed by atoms with E-state index >= 15 is 0 Å². The van der Waals surface area contributed by atoms with Crippen LogP contribution in [0.15, 0.2) is 48.5 Å². The molecule has 0 aliphatic carbocycles. The number of hydrogen-bond acceptors (Lipinski definition) is 4. The topological polar surface area (TPSA) is 70.7 Å². The van der Waals surface area contributed by atoms with Gasteiger partial charge in [-0.2, -0.15) is 0 Å². The van der Waals surface area contributed by atoms with E-state index in [2.05, 4.69) is 10.6 Å². The Morgan fingerprint density at radius 1 is 1.25 bits per heavy atom. The maximum absolute atomic E-state index is 13.4. The average Bonchev–Trinajstić information content (AvgIpc) is 2.85. The van der Waals surface area contributed by atoms with Gasteiger partial charge in [-0.3, -0.25) is 9.59 Å². The molecule has 2 amide bonds. The van der Waals surface area contributed by atoms with Gasteiger partial charge >= 0.3 is 0 Å². The van der Waals surface area contributed by atoms with Gasteiger partial charge in [-0.15, -0.1) is 0 Å². The number of carbonyl (C=O) groups excluding carboxylic acids is 2. The number of carbonyl (C=O) groups is 2. The van der Waals surface area contributed by atoms with Crippen molar-refractivity contribution >= 4 is 17.5 Å². The fraction of sp³-hybridized carbons (Fsp3) is 0.364. The molecule has 0 saturated heterocycles. The highest BCUT2D eigenvalue weighted by atomic mass is 16.5. The van der Waals surface area contributed by atoms with Crippen LogP contribution in [0.2, 0.25) is 0 Å². The quantitative estimate of drug-likeness (QED) is 0.805.